The minimum atomic E-state index is -0.951. The Morgan fingerprint density at radius 2 is 2.39 bits per heavy atom. The number of aromatic carboxylic acids is 1. The van der Waals surface area contributed by atoms with Gasteiger partial charge in [-0.3, -0.25) is 0 Å². The quantitative estimate of drug-likeness (QED) is 0.867. The van der Waals surface area contributed by atoms with Crippen LogP contribution >= 0.6 is 0 Å². The molecule has 2 aromatic heterocycles. The third kappa shape index (κ3) is 1.92. The molecule has 1 saturated carbocycles. The Kier molecular flexibility index (Phi) is 2.47. The first-order valence-electron chi connectivity index (χ1n) is 6.12. The number of pyridine rings is 1. The maximum atomic E-state index is 11.1. The molecule has 0 radical (unpaired) electrons. The summed E-state index contributed by atoms with van der Waals surface area (Å²) >= 11 is 0. The van der Waals surface area contributed by atoms with Gasteiger partial charge in [0.25, 0.3) is 0 Å². The average molecular weight is 245 g/mol. The third-order valence-corrected chi connectivity index (χ3v) is 3.42. The number of imidazole rings is 1. The number of nitrogens with zero attached hydrogens (tertiary/aromatic N) is 2. The fraction of sp³-hybridized carbons (Fsp3) is 0.385. The third-order valence-electron chi connectivity index (χ3n) is 3.42. The average Bonchev–Trinajstić information content (AvgIpc) is 3.09. The molecule has 2 heterocycles. The fourth-order valence-electron chi connectivity index (χ4n) is 2.20. The molecule has 1 unspecified atom stereocenters. The summed E-state index contributed by atoms with van der Waals surface area (Å²) in [5.41, 5.74) is 0.708. The molecule has 18 heavy (non-hydrogen) atoms. The molecule has 1 aliphatic rings. The second kappa shape index (κ2) is 4.01. The van der Waals surface area contributed by atoms with Crippen molar-refractivity contribution < 1.29 is 9.90 Å². The van der Waals surface area contributed by atoms with E-state index >= 15 is 0 Å². The first-order valence-corrected chi connectivity index (χ1v) is 6.12. The summed E-state index contributed by atoms with van der Waals surface area (Å²) < 4.78 is 1.74. The molecule has 0 spiro atoms. The molecule has 1 fully saturated rings. The van der Waals surface area contributed by atoms with Gasteiger partial charge in [-0.25, -0.2) is 9.78 Å². The normalized spacial score (nSPS) is 16.7. The maximum Gasteiger partial charge on any atom is 0.339 e. The zero-order valence-electron chi connectivity index (χ0n) is 10.1. The van der Waals surface area contributed by atoms with Crippen LogP contribution in [0.4, 0.5) is 5.82 Å². The number of anilines is 1. The summed E-state index contributed by atoms with van der Waals surface area (Å²) in [5.74, 6) is 0.518. The van der Waals surface area contributed by atoms with E-state index in [0.29, 0.717) is 11.7 Å². The number of carboxylic acid groups (broad SMARTS) is 1. The van der Waals surface area contributed by atoms with Crippen LogP contribution in [-0.2, 0) is 0 Å². The number of hydrogen-bond acceptors (Lipinski definition) is 3. The lowest BCUT2D eigenvalue weighted by atomic mass is 10.2. The van der Waals surface area contributed by atoms with Gasteiger partial charge in [-0.1, -0.05) is 0 Å². The molecule has 1 aliphatic carbocycles. The van der Waals surface area contributed by atoms with Crippen molar-refractivity contribution in [1.29, 1.82) is 0 Å². The van der Waals surface area contributed by atoms with Crippen molar-refractivity contribution in [3.63, 3.8) is 0 Å². The molecular weight excluding hydrogens is 230 g/mol. The van der Waals surface area contributed by atoms with Crippen LogP contribution in [0.5, 0.6) is 0 Å². The van der Waals surface area contributed by atoms with Crippen molar-refractivity contribution >= 4 is 17.4 Å². The Balaban J connectivity index is 1.94. The molecule has 0 amide bonds. The summed E-state index contributed by atoms with van der Waals surface area (Å²) in [6.07, 6.45) is 6.17. The minimum Gasteiger partial charge on any atom is -0.478 e. The molecule has 0 saturated heterocycles. The highest BCUT2D eigenvalue weighted by Gasteiger charge is 2.28. The molecule has 2 N–H and O–H groups in total. The number of nitrogens with one attached hydrogen (secondary N) is 1. The van der Waals surface area contributed by atoms with Crippen LogP contribution in [0.25, 0.3) is 5.65 Å². The molecular formula is C13H15N3O2. The Bertz CT molecular complexity index is 601. The van der Waals surface area contributed by atoms with Crippen molar-refractivity contribution in [3.8, 4) is 0 Å². The monoisotopic (exact) mass is 245 g/mol. The van der Waals surface area contributed by atoms with Crippen molar-refractivity contribution in [1.82, 2.24) is 9.38 Å². The van der Waals surface area contributed by atoms with E-state index in [4.69, 9.17) is 5.11 Å². The van der Waals surface area contributed by atoms with Gasteiger partial charge in [-0.05, 0) is 37.8 Å². The number of carboxylic acids is 1. The van der Waals surface area contributed by atoms with E-state index in [1.54, 1.807) is 16.5 Å². The van der Waals surface area contributed by atoms with Gasteiger partial charge in [0.05, 0.1) is 6.20 Å². The molecule has 94 valence electrons. The summed E-state index contributed by atoms with van der Waals surface area (Å²) in [5, 5.41) is 12.4. The maximum absolute atomic E-state index is 11.1. The van der Waals surface area contributed by atoms with E-state index in [0.717, 1.165) is 11.7 Å². The van der Waals surface area contributed by atoms with Crippen LogP contribution in [0, 0.1) is 5.92 Å². The topological polar surface area (TPSA) is 66.6 Å². The number of hydrogen-bond donors (Lipinski definition) is 2. The number of carbonyl (C=O) groups is 1. The van der Waals surface area contributed by atoms with E-state index < -0.39 is 5.97 Å². The number of aromatic nitrogens is 2. The summed E-state index contributed by atoms with van der Waals surface area (Å²) in [4.78, 5) is 15.4. The zero-order chi connectivity index (χ0) is 12.7. The van der Waals surface area contributed by atoms with Crippen LogP contribution in [0.15, 0.2) is 24.5 Å². The molecule has 2 aromatic rings. The molecule has 5 nitrogen and oxygen atoms in total. The number of rotatable bonds is 4. The predicted molar refractivity (Wildman–Crippen MR) is 68.0 cm³/mol. The molecule has 1 atom stereocenters. The van der Waals surface area contributed by atoms with E-state index in [1.165, 1.54) is 12.8 Å². The summed E-state index contributed by atoms with van der Waals surface area (Å²) in [7, 11) is 0. The molecule has 0 bridgehead atoms. The van der Waals surface area contributed by atoms with E-state index in [9.17, 15) is 4.79 Å². The van der Waals surface area contributed by atoms with Crippen LogP contribution in [-0.4, -0.2) is 26.5 Å². The first-order chi connectivity index (χ1) is 8.65. The lowest BCUT2D eigenvalue weighted by Crippen LogP contribution is -2.17. The van der Waals surface area contributed by atoms with Gasteiger partial charge in [0, 0.05) is 12.2 Å². The highest BCUT2D eigenvalue weighted by atomic mass is 16.4. The molecule has 3 rings (SSSR count). The second-order valence-electron chi connectivity index (χ2n) is 4.85. The Morgan fingerprint density at radius 3 is 3.06 bits per heavy atom. The standard InChI is InChI=1S/C13H15N3O2/c1-8(9-4-5-9)14-11-7-16-6-2-3-10(13(17)18)12(16)15-11/h2-3,6-9,14H,4-5H2,1H3,(H,17,18). The fourth-order valence-corrected chi connectivity index (χ4v) is 2.20. The van der Waals surface area contributed by atoms with E-state index in [1.807, 2.05) is 12.4 Å². The molecule has 0 aliphatic heterocycles. The summed E-state index contributed by atoms with van der Waals surface area (Å²) in [6.45, 7) is 2.14. The Hall–Kier alpha value is -2.04. The van der Waals surface area contributed by atoms with Crippen LogP contribution < -0.4 is 5.32 Å². The van der Waals surface area contributed by atoms with Gasteiger partial charge in [-0.2, -0.15) is 0 Å². The minimum absolute atomic E-state index is 0.227. The second-order valence-corrected chi connectivity index (χ2v) is 4.85. The highest BCUT2D eigenvalue weighted by molar-refractivity contribution is 5.94. The van der Waals surface area contributed by atoms with E-state index in [-0.39, 0.29) is 5.56 Å². The molecule has 0 aromatic carbocycles. The van der Waals surface area contributed by atoms with Gasteiger partial charge in [0.1, 0.15) is 11.4 Å². The SMILES string of the molecule is CC(Nc1cn2cccc(C(=O)O)c2n1)C1CC1. The zero-order valence-corrected chi connectivity index (χ0v) is 10.1. The Labute approximate surface area is 104 Å². The van der Waals surface area contributed by atoms with Crippen LogP contribution in [0.3, 0.4) is 0 Å². The first kappa shape index (κ1) is 11.1. The summed E-state index contributed by atoms with van der Waals surface area (Å²) in [6, 6.07) is 3.67. The smallest absolute Gasteiger partial charge is 0.339 e. The lowest BCUT2D eigenvalue weighted by Gasteiger charge is -2.10. The number of fused-ring (bicyclic) bond motifs is 1. The highest BCUT2D eigenvalue weighted by Crippen LogP contribution is 2.33. The van der Waals surface area contributed by atoms with Gasteiger partial charge in [0.2, 0.25) is 0 Å². The van der Waals surface area contributed by atoms with Crippen molar-refractivity contribution in [2.75, 3.05) is 5.32 Å². The van der Waals surface area contributed by atoms with Crippen molar-refractivity contribution in [2.24, 2.45) is 5.92 Å². The molecule has 5 heteroatoms. The van der Waals surface area contributed by atoms with Gasteiger partial charge < -0.3 is 14.8 Å². The van der Waals surface area contributed by atoms with Crippen LogP contribution in [0.1, 0.15) is 30.1 Å². The van der Waals surface area contributed by atoms with Gasteiger partial charge in [0.15, 0.2) is 5.65 Å². The Morgan fingerprint density at radius 1 is 1.61 bits per heavy atom. The van der Waals surface area contributed by atoms with Gasteiger partial charge >= 0.3 is 5.97 Å². The van der Waals surface area contributed by atoms with E-state index in [2.05, 4.69) is 17.2 Å². The predicted octanol–water partition coefficient (Wildman–Crippen LogP) is 2.24. The van der Waals surface area contributed by atoms with Crippen molar-refractivity contribution in [3.05, 3.63) is 30.1 Å². The van der Waals surface area contributed by atoms with Crippen molar-refractivity contribution in [2.45, 2.75) is 25.8 Å². The largest absolute Gasteiger partial charge is 0.478 e. The van der Waals surface area contributed by atoms with Crippen LogP contribution in [0.2, 0.25) is 0 Å². The lowest BCUT2D eigenvalue weighted by molar-refractivity contribution is 0.0698. The van der Waals surface area contributed by atoms with Gasteiger partial charge in [-0.15, -0.1) is 0 Å².